The van der Waals surface area contributed by atoms with Crippen LogP contribution in [-0.2, 0) is 17.8 Å². The minimum atomic E-state index is 0.334. The van der Waals surface area contributed by atoms with Crippen LogP contribution in [0.3, 0.4) is 0 Å². The summed E-state index contributed by atoms with van der Waals surface area (Å²) in [6, 6.07) is 8.73. The van der Waals surface area contributed by atoms with E-state index in [2.05, 4.69) is 46.6 Å². The number of rotatable bonds is 8. The topological polar surface area (TPSA) is 39.5 Å². The zero-order valence-corrected chi connectivity index (χ0v) is 15.5. The second-order valence-corrected chi connectivity index (χ2v) is 7.00. The summed E-state index contributed by atoms with van der Waals surface area (Å²) in [4.78, 5) is 7.02. The van der Waals surface area contributed by atoms with Crippen molar-refractivity contribution in [1.82, 2.24) is 14.5 Å². The van der Waals surface area contributed by atoms with Crippen LogP contribution in [0.2, 0.25) is 0 Å². The van der Waals surface area contributed by atoms with Gasteiger partial charge in [0.2, 0.25) is 0 Å². The lowest BCUT2D eigenvalue weighted by atomic mass is 10.1. The minimum absolute atomic E-state index is 0.334. The van der Waals surface area contributed by atoms with Crippen molar-refractivity contribution >= 4 is 0 Å². The van der Waals surface area contributed by atoms with E-state index in [0.29, 0.717) is 12.1 Å². The number of benzene rings is 1. The van der Waals surface area contributed by atoms with E-state index in [1.807, 2.05) is 18.3 Å². The molecule has 0 amide bonds. The predicted octanol–water partition coefficient (Wildman–Crippen LogP) is 3.65. The van der Waals surface area contributed by atoms with E-state index in [1.165, 1.54) is 12.0 Å². The van der Waals surface area contributed by atoms with Gasteiger partial charge in [0.1, 0.15) is 11.6 Å². The Bertz CT molecular complexity index is 645. The summed E-state index contributed by atoms with van der Waals surface area (Å²) in [7, 11) is 1.70. The number of aromatic nitrogens is 2. The van der Waals surface area contributed by atoms with Crippen LogP contribution in [0.1, 0.15) is 44.1 Å². The Morgan fingerprint density at radius 2 is 2.08 bits per heavy atom. The molecule has 1 aromatic heterocycles. The molecule has 0 unspecified atom stereocenters. The molecule has 0 saturated carbocycles. The van der Waals surface area contributed by atoms with E-state index in [9.17, 15) is 0 Å². The number of imidazole rings is 1. The van der Waals surface area contributed by atoms with Gasteiger partial charge in [-0.05, 0) is 44.4 Å². The molecule has 1 fully saturated rings. The van der Waals surface area contributed by atoms with Crippen molar-refractivity contribution in [1.29, 1.82) is 0 Å². The van der Waals surface area contributed by atoms with Crippen molar-refractivity contribution in [2.24, 2.45) is 0 Å². The van der Waals surface area contributed by atoms with Gasteiger partial charge in [-0.1, -0.05) is 12.1 Å². The monoisotopic (exact) mass is 343 g/mol. The molecule has 5 heteroatoms. The van der Waals surface area contributed by atoms with E-state index < -0.39 is 0 Å². The standard InChI is InChI=1S/C20H29N3O2/c1-16(2)23-11-10-21-20(23)15-22(14-19-5-4-12-25-19)13-17-6-8-18(24-3)9-7-17/h6-11,16,19H,4-5,12-15H2,1-3H3/t19-/m0/s1. The maximum atomic E-state index is 5.87. The molecule has 5 nitrogen and oxygen atoms in total. The molecule has 1 saturated heterocycles. The summed E-state index contributed by atoms with van der Waals surface area (Å²) < 4.78 is 13.4. The van der Waals surface area contributed by atoms with E-state index in [0.717, 1.165) is 44.2 Å². The van der Waals surface area contributed by atoms with Crippen LogP contribution < -0.4 is 4.74 Å². The number of ether oxygens (including phenoxy) is 2. The van der Waals surface area contributed by atoms with Crippen LogP contribution in [0.5, 0.6) is 5.75 Å². The molecule has 1 aliphatic rings. The van der Waals surface area contributed by atoms with Gasteiger partial charge in [-0.25, -0.2) is 4.98 Å². The van der Waals surface area contributed by atoms with Gasteiger partial charge >= 0.3 is 0 Å². The molecular formula is C20H29N3O2. The average molecular weight is 343 g/mol. The lowest BCUT2D eigenvalue weighted by Gasteiger charge is -2.26. The first-order chi connectivity index (χ1) is 12.2. The summed E-state index contributed by atoms with van der Waals surface area (Å²) in [5, 5.41) is 0. The van der Waals surface area contributed by atoms with E-state index in [4.69, 9.17) is 9.47 Å². The van der Waals surface area contributed by atoms with Crippen molar-refractivity contribution in [2.45, 2.75) is 51.9 Å². The van der Waals surface area contributed by atoms with E-state index in [1.54, 1.807) is 7.11 Å². The van der Waals surface area contributed by atoms with Gasteiger partial charge in [-0.3, -0.25) is 4.90 Å². The molecule has 3 rings (SSSR count). The fourth-order valence-corrected chi connectivity index (χ4v) is 3.39. The lowest BCUT2D eigenvalue weighted by molar-refractivity contribution is 0.0665. The van der Waals surface area contributed by atoms with Crippen LogP contribution in [0.15, 0.2) is 36.7 Å². The Hall–Kier alpha value is -1.85. The van der Waals surface area contributed by atoms with Crippen molar-refractivity contribution in [2.75, 3.05) is 20.3 Å². The number of methoxy groups -OCH3 is 1. The van der Waals surface area contributed by atoms with Gasteiger partial charge in [0, 0.05) is 38.1 Å². The first-order valence-electron chi connectivity index (χ1n) is 9.14. The molecule has 0 aliphatic carbocycles. The van der Waals surface area contributed by atoms with Gasteiger partial charge < -0.3 is 14.0 Å². The normalized spacial score (nSPS) is 17.6. The number of hydrogen-bond donors (Lipinski definition) is 0. The minimum Gasteiger partial charge on any atom is -0.497 e. The summed E-state index contributed by atoms with van der Waals surface area (Å²) in [5.41, 5.74) is 1.28. The zero-order chi connectivity index (χ0) is 17.6. The Morgan fingerprint density at radius 1 is 1.28 bits per heavy atom. The van der Waals surface area contributed by atoms with Gasteiger partial charge in [-0.2, -0.15) is 0 Å². The molecule has 1 aromatic carbocycles. The molecule has 1 aliphatic heterocycles. The Balaban J connectivity index is 1.72. The summed E-state index contributed by atoms with van der Waals surface area (Å²) in [6.45, 7) is 7.93. The van der Waals surface area contributed by atoms with Crippen LogP contribution in [0.25, 0.3) is 0 Å². The third-order valence-corrected chi connectivity index (χ3v) is 4.72. The van der Waals surface area contributed by atoms with Crippen molar-refractivity contribution < 1.29 is 9.47 Å². The Kier molecular flexibility index (Phi) is 6.10. The maximum Gasteiger partial charge on any atom is 0.123 e. The van der Waals surface area contributed by atoms with E-state index >= 15 is 0 Å². The molecule has 136 valence electrons. The van der Waals surface area contributed by atoms with Gasteiger partial charge in [-0.15, -0.1) is 0 Å². The second-order valence-electron chi connectivity index (χ2n) is 7.00. The highest BCUT2D eigenvalue weighted by Gasteiger charge is 2.21. The van der Waals surface area contributed by atoms with Gasteiger partial charge in [0.15, 0.2) is 0 Å². The van der Waals surface area contributed by atoms with Crippen molar-refractivity contribution in [3.8, 4) is 5.75 Å². The first-order valence-corrected chi connectivity index (χ1v) is 9.14. The molecular weight excluding hydrogens is 314 g/mol. The van der Waals surface area contributed by atoms with Crippen LogP contribution in [-0.4, -0.2) is 40.8 Å². The van der Waals surface area contributed by atoms with Gasteiger partial charge in [0.05, 0.1) is 19.8 Å². The average Bonchev–Trinajstić information content (AvgIpc) is 3.27. The maximum absolute atomic E-state index is 5.87. The van der Waals surface area contributed by atoms with Gasteiger partial charge in [0.25, 0.3) is 0 Å². The van der Waals surface area contributed by atoms with Crippen LogP contribution in [0.4, 0.5) is 0 Å². The second kappa shape index (κ2) is 8.50. The summed E-state index contributed by atoms with van der Waals surface area (Å²) in [6.07, 6.45) is 6.62. The highest BCUT2D eigenvalue weighted by atomic mass is 16.5. The fourth-order valence-electron chi connectivity index (χ4n) is 3.39. The third kappa shape index (κ3) is 4.83. The smallest absolute Gasteiger partial charge is 0.123 e. The lowest BCUT2D eigenvalue weighted by Crippen LogP contribution is -2.32. The molecule has 0 radical (unpaired) electrons. The third-order valence-electron chi connectivity index (χ3n) is 4.72. The van der Waals surface area contributed by atoms with Crippen LogP contribution in [0, 0.1) is 0 Å². The largest absolute Gasteiger partial charge is 0.497 e. The fraction of sp³-hybridized carbons (Fsp3) is 0.550. The van der Waals surface area contributed by atoms with Crippen molar-refractivity contribution in [3.63, 3.8) is 0 Å². The molecule has 25 heavy (non-hydrogen) atoms. The quantitative estimate of drug-likeness (QED) is 0.733. The predicted molar refractivity (Wildman–Crippen MR) is 98.7 cm³/mol. The van der Waals surface area contributed by atoms with E-state index in [-0.39, 0.29) is 0 Å². The first kappa shape index (κ1) is 18.0. The molecule has 2 heterocycles. The zero-order valence-electron chi connectivity index (χ0n) is 15.5. The molecule has 2 aromatic rings. The molecule has 0 spiro atoms. The highest BCUT2D eigenvalue weighted by molar-refractivity contribution is 5.27. The molecule has 0 N–H and O–H groups in total. The van der Waals surface area contributed by atoms with Crippen molar-refractivity contribution in [3.05, 3.63) is 48.0 Å². The summed E-state index contributed by atoms with van der Waals surface area (Å²) >= 11 is 0. The number of nitrogens with zero attached hydrogens (tertiary/aromatic N) is 3. The van der Waals surface area contributed by atoms with Crippen LogP contribution >= 0.6 is 0 Å². The Labute approximate surface area is 150 Å². The number of hydrogen-bond acceptors (Lipinski definition) is 4. The molecule has 0 bridgehead atoms. The summed E-state index contributed by atoms with van der Waals surface area (Å²) in [5.74, 6) is 2.01. The molecule has 1 atom stereocenters. The Morgan fingerprint density at radius 3 is 2.72 bits per heavy atom. The highest BCUT2D eigenvalue weighted by Crippen LogP contribution is 2.19. The SMILES string of the molecule is COc1ccc(CN(Cc2nccn2C(C)C)C[C@@H]2CCCO2)cc1.